The zero-order valence-electron chi connectivity index (χ0n) is 13.6. The van der Waals surface area contributed by atoms with E-state index in [4.69, 9.17) is 0 Å². The van der Waals surface area contributed by atoms with Crippen molar-refractivity contribution in [2.24, 2.45) is 0 Å². The molecule has 0 fully saturated rings. The second kappa shape index (κ2) is 11.8. The highest BCUT2D eigenvalue weighted by Gasteiger charge is 2.07. The fourth-order valence-electron chi connectivity index (χ4n) is 2.24. The fourth-order valence-corrected chi connectivity index (χ4v) is 2.24. The number of para-hydroxylation sites is 1. The fraction of sp³-hybridized carbons (Fsp3) is 0.556. The van der Waals surface area contributed by atoms with Crippen molar-refractivity contribution in [1.29, 1.82) is 0 Å². The summed E-state index contributed by atoms with van der Waals surface area (Å²) >= 11 is 0. The summed E-state index contributed by atoms with van der Waals surface area (Å²) in [4.78, 5) is 23.3. The molecule has 2 N–H and O–H groups in total. The quantitative estimate of drug-likeness (QED) is 0.610. The van der Waals surface area contributed by atoms with Gasteiger partial charge in [-0.3, -0.25) is 14.9 Å². The minimum Gasteiger partial charge on any atom is -0.376 e. The highest BCUT2D eigenvalue weighted by atomic mass is 16.2. The molecule has 4 heteroatoms. The molecule has 0 aliphatic carbocycles. The van der Waals surface area contributed by atoms with E-state index in [1.165, 1.54) is 32.1 Å². The van der Waals surface area contributed by atoms with Gasteiger partial charge in [0.15, 0.2) is 0 Å². The van der Waals surface area contributed by atoms with Crippen LogP contribution in [0.1, 0.15) is 58.3 Å². The third-order valence-corrected chi connectivity index (χ3v) is 3.51. The molecule has 0 saturated heterocycles. The summed E-state index contributed by atoms with van der Waals surface area (Å²) in [7, 11) is 0. The summed E-state index contributed by atoms with van der Waals surface area (Å²) in [6.07, 6.45) is 8.61. The van der Waals surface area contributed by atoms with Crippen LogP contribution in [-0.4, -0.2) is 18.4 Å². The molecule has 0 bridgehead atoms. The van der Waals surface area contributed by atoms with Crippen molar-refractivity contribution in [2.75, 3.05) is 11.9 Å². The summed E-state index contributed by atoms with van der Waals surface area (Å²) in [6, 6.07) is 9.47. The predicted octanol–water partition coefficient (Wildman–Crippen LogP) is 3.88. The molecule has 0 aromatic heterocycles. The molecule has 0 aliphatic rings. The Bertz CT molecular complexity index is 432. The molecule has 0 aliphatic heterocycles. The van der Waals surface area contributed by atoms with Crippen LogP contribution in [0.3, 0.4) is 0 Å². The zero-order chi connectivity index (χ0) is 16.0. The molecule has 0 heterocycles. The lowest BCUT2D eigenvalue weighted by Crippen LogP contribution is -2.34. The lowest BCUT2D eigenvalue weighted by Gasteiger charge is -2.07. The van der Waals surface area contributed by atoms with Crippen LogP contribution in [0.15, 0.2) is 30.3 Å². The summed E-state index contributed by atoms with van der Waals surface area (Å²) in [5.74, 6) is -0.454. The minimum absolute atomic E-state index is 0.118. The Morgan fingerprint density at radius 2 is 1.50 bits per heavy atom. The first kappa shape index (κ1) is 18.2. The number of amides is 2. The standard InChI is InChI=1S/C18H28N2O2/c1-2-3-4-5-6-7-11-14-17(21)20-18(22)15-19-16-12-9-8-10-13-16/h8-10,12-13,19H,2-7,11,14-15H2,1H3,(H,20,21,22). The normalized spacial score (nSPS) is 10.2. The van der Waals surface area contributed by atoms with Gasteiger partial charge in [0.25, 0.3) is 0 Å². The molecule has 122 valence electrons. The predicted molar refractivity (Wildman–Crippen MR) is 90.7 cm³/mol. The maximum atomic E-state index is 11.6. The Hall–Kier alpha value is -1.84. The first-order chi connectivity index (χ1) is 10.7. The van der Waals surface area contributed by atoms with Crippen LogP contribution in [0.2, 0.25) is 0 Å². The van der Waals surface area contributed by atoms with Gasteiger partial charge in [-0.25, -0.2) is 0 Å². The van der Waals surface area contributed by atoms with Crippen molar-refractivity contribution in [3.05, 3.63) is 30.3 Å². The van der Waals surface area contributed by atoms with Crippen molar-refractivity contribution in [3.8, 4) is 0 Å². The average molecular weight is 304 g/mol. The number of hydrogen-bond acceptors (Lipinski definition) is 3. The van der Waals surface area contributed by atoms with Crippen LogP contribution >= 0.6 is 0 Å². The van der Waals surface area contributed by atoms with Gasteiger partial charge in [0.2, 0.25) is 11.8 Å². The third-order valence-electron chi connectivity index (χ3n) is 3.51. The van der Waals surface area contributed by atoms with Gasteiger partial charge in [0.05, 0.1) is 6.54 Å². The van der Waals surface area contributed by atoms with Crippen molar-refractivity contribution in [2.45, 2.75) is 58.3 Å². The molecular weight excluding hydrogens is 276 g/mol. The van der Waals surface area contributed by atoms with Crippen LogP contribution in [0.4, 0.5) is 5.69 Å². The number of imide groups is 1. The second-order valence-electron chi connectivity index (χ2n) is 5.56. The molecule has 0 radical (unpaired) electrons. The number of rotatable bonds is 11. The Balaban J connectivity index is 2.03. The van der Waals surface area contributed by atoms with E-state index in [1.807, 2.05) is 30.3 Å². The first-order valence-electron chi connectivity index (χ1n) is 8.34. The molecule has 0 saturated carbocycles. The number of carbonyl (C=O) groups excluding carboxylic acids is 2. The van der Waals surface area contributed by atoms with Crippen molar-refractivity contribution in [1.82, 2.24) is 5.32 Å². The second-order valence-corrected chi connectivity index (χ2v) is 5.56. The Morgan fingerprint density at radius 1 is 0.864 bits per heavy atom. The van der Waals surface area contributed by atoms with Crippen molar-refractivity contribution < 1.29 is 9.59 Å². The summed E-state index contributed by atoms with van der Waals surface area (Å²) < 4.78 is 0. The molecule has 1 aromatic carbocycles. The molecule has 0 unspecified atom stereocenters. The molecule has 1 aromatic rings. The zero-order valence-corrected chi connectivity index (χ0v) is 13.6. The molecule has 4 nitrogen and oxygen atoms in total. The summed E-state index contributed by atoms with van der Waals surface area (Å²) in [6.45, 7) is 2.32. The van der Waals surface area contributed by atoms with E-state index in [9.17, 15) is 9.59 Å². The largest absolute Gasteiger partial charge is 0.376 e. The summed E-state index contributed by atoms with van der Waals surface area (Å²) in [5, 5.41) is 5.40. The van der Waals surface area contributed by atoms with Gasteiger partial charge in [0.1, 0.15) is 0 Å². The van der Waals surface area contributed by atoms with Gasteiger partial charge in [-0.2, -0.15) is 0 Å². The first-order valence-corrected chi connectivity index (χ1v) is 8.34. The van der Waals surface area contributed by atoms with Gasteiger partial charge in [0, 0.05) is 12.1 Å². The number of hydrogen-bond donors (Lipinski definition) is 2. The van der Waals surface area contributed by atoms with Gasteiger partial charge in [-0.15, -0.1) is 0 Å². The van der Waals surface area contributed by atoms with E-state index < -0.39 is 0 Å². The maximum absolute atomic E-state index is 11.6. The van der Waals surface area contributed by atoms with Crippen LogP contribution in [-0.2, 0) is 9.59 Å². The van der Waals surface area contributed by atoms with Crippen LogP contribution in [0, 0.1) is 0 Å². The monoisotopic (exact) mass is 304 g/mol. The van der Waals surface area contributed by atoms with Gasteiger partial charge in [-0.05, 0) is 18.6 Å². The Kier molecular flexibility index (Phi) is 9.75. The highest BCUT2D eigenvalue weighted by Crippen LogP contribution is 2.08. The molecular formula is C18H28N2O2. The molecule has 0 atom stereocenters. The average Bonchev–Trinajstić information content (AvgIpc) is 2.53. The van der Waals surface area contributed by atoms with Gasteiger partial charge in [-0.1, -0.05) is 63.6 Å². The molecule has 0 spiro atoms. The Morgan fingerprint density at radius 3 is 2.18 bits per heavy atom. The van der Waals surface area contributed by atoms with Gasteiger partial charge >= 0.3 is 0 Å². The van der Waals surface area contributed by atoms with Crippen LogP contribution < -0.4 is 10.6 Å². The van der Waals surface area contributed by atoms with E-state index in [0.29, 0.717) is 6.42 Å². The van der Waals surface area contributed by atoms with E-state index in [-0.39, 0.29) is 18.4 Å². The topological polar surface area (TPSA) is 58.2 Å². The molecule has 22 heavy (non-hydrogen) atoms. The van der Waals surface area contributed by atoms with E-state index in [1.54, 1.807) is 0 Å². The van der Waals surface area contributed by atoms with Crippen LogP contribution in [0.25, 0.3) is 0 Å². The van der Waals surface area contributed by atoms with Crippen LogP contribution in [0.5, 0.6) is 0 Å². The number of benzene rings is 1. The number of anilines is 1. The Labute approximate surface area is 133 Å². The smallest absolute Gasteiger partial charge is 0.245 e. The van der Waals surface area contributed by atoms with E-state index in [0.717, 1.165) is 18.5 Å². The number of unbranched alkanes of at least 4 members (excludes halogenated alkanes) is 6. The van der Waals surface area contributed by atoms with Gasteiger partial charge < -0.3 is 5.32 Å². The summed E-state index contributed by atoms with van der Waals surface area (Å²) in [5.41, 5.74) is 0.872. The third kappa shape index (κ3) is 9.16. The minimum atomic E-state index is -0.281. The highest BCUT2D eigenvalue weighted by molar-refractivity contribution is 5.96. The van der Waals surface area contributed by atoms with Crippen molar-refractivity contribution >= 4 is 17.5 Å². The number of nitrogens with one attached hydrogen (secondary N) is 2. The SMILES string of the molecule is CCCCCCCCCC(=O)NC(=O)CNc1ccccc1. The maximum Gasteiger partial charge on any atom is 0.245 e. The van der Waals surface area contributed by atoms with E-state index >= 15 is 0 Å². The molecule has 1 rings (SSSR count). The lowest BCUT2D eigenvalue weighted by molar-refractivity contribution is -0.129. The lowest BCUT2D eigenvalue weighted by atomic mass is 10.1. The van der Waals surface area contributed by atoms with E-state index in [2.05, 4.69) is 17.6 Å². The van der Waals surface area contributed by atoms with Crippen molar-refractivity contribution in [3.63, 3.8) is 0 Å². The number of carbonyl (C=O) groups is 2. The molecule has 2 amide bonds.